The summed E-state index contributed by atoms with van der Waals surface area (Å²) in [5.74, 6) is -0.732. The SMILES string of the molecule is COC(=O)Cn1c(=NC(=O)c2sc(C)nc2C)sc2cc(C)ccc21. The molecule has 6 nitrogen and oxygen atoms in total. The molecule has 0 aliphatic carbocycles. The van der Waals surface area contributed by atoms with Crippen LogP contribution in [-0.4, -0.2) is 28.5 Å². The van der Waals surface area contributed by atoms with Gasteiger partial charge < -0.3 is 9.30 Å². The average molecular weight is 375 g/mol. The van der Waals surface area contributed by atoms with Crippen LogP contribution >= 0.6 is 22.7 Å². The molecule has 1 aromatic carbocycles. The third kappa shape index (κ3) is 3.54. The number of aryl methyl sites for hydroxylation is 3. The number of aromatic nitrogens is 2. The lowest BCUT2D eigenvalue weighted by Crippen LogP contribution is -2.22. The van der Waals surface area contributed by atoms with Gasteiger partial charge in [-0.05, 0) is 38.5 Å². The van der Waals surface area contributed by atoms with Crippen molar-refractivity contribution < 1.29 is 14.3 Å². The Hall–Kier alpha value is -2.32. The first-order valence-electron chi connectivity index (χ1n) is 7.59. The lowest BCUT2D eigenvalue weighted by Gasteiger charge is -2.03. The van der Waals surface area contributed by atoms with Crippen LogP contribution in [0.15, 0.2) is 23.2 Å². The number of esters is 1. The summed E-state index contributed by atoms with van der Waals surface area (Å²) < 4.78 is 7.45. The fraction of sp³-hybridized carbons (Fsp3) is 0.294. The molecule has 1 amide bonds. The standard InChI is InChI=1S/C17H17N3O3S2/c1-9-5-6-12-13(7-9)25-17(20(12)8-14(21)23-4)19-16(22)15-10(2)18-11(3)24-15/h5-7H,8H2,1-4H3. The van der Waals surface area contributed by atoms with Gasteiger partial charge in [-0.25, -0.2) is 4.98 Å². The maximum Gasteiger partial charge on any atom is 0.325 e. The Morgan fingerprint density at radius 3 is 2.64 bits per heavy atom. The van der Waals surface area contributed by atoms with Crippen LogP contribution in [0.4, 0.5) is 0 Å². The minimum absolute atomic E-state index is 0.00632. The fourth-order valence-electron chi connectivity index (χ4n) is 2.48. The van der Waals surface area contributed by atoms with E-state index in [1.807, 2.05) is 32.0 Å². The second-order valence-electron chi connectivity index (χ2n) is 5.58. The van der Waals surface area contributed by atoms with Crippen molar-refractivity contribution in [2.45, 2.75) is 27.3 Å². The number of methoxy groups -OCH3 is 1. The van der Waals surface area contributed by atoms with Crippen LogP contribution in [-0.2, 0) is 16.1 Å². The number of nitrogens with zero attached hydrogens (tertiary/aromatic N) is 3. The summed E-state index contributed by atoms with van der Waals surface area (Å²) in [4.78, 5) is 33.9. The second kappa shape index (κ2) is 6.89. The average Bonchev–Trinajstić information content (AvgIpc) is 3.06. The number of ether oxygens (including phenoxy) is 1. The number of carbonyl (C=O) groups is 2. The number of carbonyl (C=O) groups excluding carboxylic acids is 2. The van der Waals surface area contributed by atoms with Gasteiger partial charge in [0.1, 0.15) is 11.4 Å². The van der Waals surface area contributed by atoms with E-state index in [-0.39, 0.29) is 18.4 Å². The molecule has 0 saturated heterocycles. The summed E-state index contributed by atoms with van der Waals surface area (Å²) in [6.45, 7) is 5.65. The van der Waals surface area contributed by atoms with Crippen molar-refractivity contribution in [3.63, 3.8) is 0 Å². The fourth-order valence-corrected chi connectivity index (χ4v) is 4.41. The van der Waals surface area contributed by atoms with E-state index in [2.05, 4.69) is 9.98 Å². The number of benzene rings is 1. The zero-order chi connectivity index (χ0) is 18.1. The number of thiazole rings is 2. The van der Waals surface area contributed by atoms with Gasteiger partial charge in [-0.3, -0.25) is 9.59 Å². The number of fused-ring (bicyclic) bond motifs is 1. The Balaban J connectivity index is 2.16. The van der Waals surface area contributed by atoms with Crippen LogP contribution in [0.25, 0.3) is 10.2 Å². The van der Waals surface area contributed by atoms with Crippen molar-refractivity contribution in [1.29, 1.82) is 0 Å². The van der Waals surface area contributed by atoms with Crippen molar-refractivity contribution in [2.75, 3.05) is 7.11 Å². The summed E-state index contributed by atoms with van der Waals surface area (Å²) in [5, 5.41) is 0.824. The Morgan fingerprint density at radius 2 is 2.00 bits per heavy atom. The lowest BCUT2D eigenvalue weighted by atomic mass is 10.2. The molecule has 0 aliphatic heterocycles. The molecule has 3 rings (SSSR count). The number of hydrogen-bond acceptors (Lipinski definition) is 6. The number of amides is 1. The molecule has 2 aromatic heterocycles. The summed E-state index contributed by atoms with van der Waals surface area (Å²) in [6, 6.07) is 5.90. The molecule has 25 heavy (non-hydrogen) atoms. The van der Waals surface area contributed by atoms with Crippen molar-refractivity contribution in [2.24, 2.45) is 4.99 Å². The highest BCUT2D eigenvalue weighted by Gasteiger charge is 2.16. The molecular formula is C17H17N3O3S2. The minimum Gasteiger partial charge on any atom is -0.468 e. The van der Waals surface area contributed by atoms with Gasteiger partial charge in [-0.1, -0.05) is 17.4 Å². The van der Waals surface area contributed by atoms with E-state index in [0.29, 0.717) is 15.4 Å². The topological polar surface area (TPSA) is 73.6 Å². The normalized spacial score (nSPS) is 11.9. The highest BCUT2D eigenvalue weighted by Crippen LogP contribution is 2.21. The van der Waals surface area contributed by atoms with Gasteiger partial charge in [-0.15, -0.1) is 11.3 Å². The van der Waals surface area contributed by atoms with E-state index in [0.717, 1.165) is 20.8 Å². The van der Waals surface area contributed by atoms with Crippen LogP contribution < -0.4 is 4.80 Å². The van der Waals surface area contributed by atoms with Crippen LogP contribution in [0.1, 0.15) is 25.9 Å². The summed E-state index contributed by atoms with van der Waals surface area (Å²) in [6.07, 6.45) is 0. The molecule has 0 saturated carbocycles. The lowest BCUT2D eigenvalue weighted by molar-refractivity contribution is -0.141. The molecule has 0 fully saturated rings. The first-order valence-corrected chi connectivity index (χ1v) is 9.22. The van der Waals surface area contributed by atoms with Gasteiger partial charge in [0.2, 0.25) is 0 Å². The Kier molecular flexibility index (Phi) is 4.82. The maximum absolute atomic E-state index is 12.6. The largest absolute Gasteiger partial charge is 0.468 e. The quantitative estimate of drug-likeness (QED) is 0.660. The van der Waals surface area contributed by atoms with Crippen molar-refractivity contribution >= 4 is 44.8 Å². The zero-order valence-corrected chi connectivity index (χ0v) is 16.0. The van der Waals surface area contributed by atoms with Crippen LogP contribution in [0.5, 0.6) is 0 Å². The van der Waals surface area contributed by atoms with E-state index in [9.17, 15) is 9.59 Å². The molecule has 0 spiro atoms. The number of hydrogen-bond donors (Lipinski definition) is 0. The predicted molar refractivity (Wildman–Crippen MR) is 98.0 cm³/mol. The molecule has 8 heteroatoms. The van der Waals surface area contributed by atoms with Gasteiger partial charge in [0, 0.05) is 0 Å². The van der Waals surface area contributed by atoms with Crippen molar-refractivity contribution in [3.8, 4) is 0 Å². The molecule has 130 valence electrons. The Morgan fingerprint density at radius 1 is 1.24 bits per heavy atom. The predicted octanol–water partition coefficient (Wildman–Crippen LogP) is 3.00. The molecule has 0 radical (unpaired) electrons. The smallest absolute Gasteiger partial charge is 0.325 e. The van der Waals surface area contributed by atoms with Gasteiger partial charge in [0.25, 0.3) is 5.91 Å². The monoisotopic (exact) mass is 375 g/mol. The van der Waals surface area contributed by atoms with E-state index in [4.69, 9.17) is 4.74 Å². The zero-order valence-electron chi connectivity index (χ0n) is 14.3. The van der Waals surface area contributed by atoms with Crippen molar-refractivity contribution in [1.82, 2.24) is 9.55 Å². The molecule has 0 bridgehead atoms. The van der Waals surface area contributed by atoms with Crippen molar-refractivity contribution in [3.05, 3.63) is 44.1 Å². The van der Waals surface area contributed by atoms with Crippen LogP contribution in [0.3, 0.4) is 0 Å². The highest BCUT2D eigenvalue weighted by atomic mass is 32.1. The molecular weight excluding hydrogens is 358 g/mol. The van der Waals surface area contributed by atoms with Gasteiger partial charge in [-0.2, -0.15) is 4.99 Å². The number of rotatable bonds is 3. The molecule has 0 aliphatic rings. The van der Waals surface area contributed by atoms with E-state index < -0.39 is 0 Å². The minimum atomic E-state index is -0.390. The molecule has 0 unspecified atom stereocenters. The molecule has 2 heterocycles. The summed E-state index contributed by atoms with van der Waals surface area (Å²) in [5.41, 5.74) is 2.63. The third-order valence-electron chi connectivity index (χ3n) is 3.65. The van der Waals surface area contributed by atoms with Crippen LogP contribution in [0.2, 0.25) is 0 Å². The highest BCUT2D eigenvalue weighted by molar-refractivity contribution is 7.16. The molecule has 3 aromatic rings. The van der Waals surface area contributed by atoms with Gasteiger partial charge >= 0.3 is 5.97 Å². The third-order valence-corrected chi connectivity index (χ3v) is 5.75. The van der Waals surface area contributed by atoms with Gasteiger partial charge in [0.05, 0.1) is 28.0 Å². The van der Waals surface area contributed by atoms with E-state index in [1.54, 1.807) is 11.5 Å². The Labute approximate surface area is 152 Å². The van der Waals surface area contributed by atoms with E-state index in [1.165, 1.54) is 29.8 Å². The first-order chi connectivity index (χ1) is 11.9. The summed E-state index contributed by atoms with van der Waals surface area (Å²) >= 11 is 2.70. The second-order valence-corrected chi connectivity index (χ2v) is 7.79. The van der Waals surface area contributed by atoms with Gasteiger partial charge in [0.15, 0.2) is 4.80 Å². The molecule has 0 N–H and O–H groups in total. The maximum atomic E-state index is 12.6. The molecule has 0 atom stereocenters. The van der Waals surface area contributed by atoms with Crippen LogP contribution in [0, 0.1) is 20.8 Å². The van der Waals surface area contributed by atoms with E-state index >= 15 is 0 Å². The Bertz CT molecular complexity index is 1040. The summed E-state index contributed by atoms with van der Waals surface area (Å²) in [7, 11) is 1.34. The first kappa shape index (κ1) is 17.5.